The molecule has 25 atom stereocenters. The standard InChI is InChI=1S/C30H46O29/c31-1-3-5(33)8(36)20(58-27-13(41)6(34)9(37)18(56-27)23(44)45)29(51-3)54-16-4(2-32)52-30(55-17-11(39)12(40)26(50)53-22(17)25(48)49)21(15(16)43)59-28-14(42)7(35)10(38)19(57-28)24(46)47/h3-22,26-43,50H,1-2H2,(H,44,45)(H,46,47)(H,48,49)/t3-,4-,5-,6+,7+,8-,9+,10+,11-,12-,13-,14-,15+,16-,17+,18+,19+,20+,21+,22+,26-,27+,28+,29?,30-/m1/s1. The summed E-state index contributed by atoms with van der Waals surface area (Å²) in [5, 5.41) is 175. The largest absolute Gasteiger partial charge is 0.479 e. The molecule has 0 radical (unpaired) electrons. The molecular formula is C30H46O29. The highest BCUT2D eigenvalue weighted by atomic mass is 16.8. The van der Waals surface area contributed by atoms with Crippen LogP contribution in [0.4, 0.5) is 0 Å². The highest BCUT2D eigenvalue weighted by molar-refractivity contribution is 5.74. The van der Waals surface area contributed by atoms with E-state index < -0.39 is 185 Å². The zero-order valence-electron chi connectivity index (χ0n) is 29.8. The van der Waals surface area contributed by atoms with Gasteiger partial charge in [-0.3, -0.25) is 0 Å². The Morgan fingerprint density at radius 1 is 0.356 bits per heavy atom. The summed E-state index contributed by atoms with van der Waals surface area (Å²) in [5.41, 5.74) is 0. The molecule has 0 amide bonds. The average Bonchev–Trinajstić information content (AvgIpc) is 3.18. The van der Waals surface area contributed by atoms with E-state index in [4.69, 9.17) is 42.6 Å². The van der Waals surface area contributed by atoms with Crippen molar-refractivity contribution in [1.82, 2.24) is 0 Å². The molecule has 5 fully saturated rings. The number of carbonyl (C=O) groups is 3. The first-order valence-corrected chi connectivity index (χ1v) is 17.6. The summed E-state index contributed by atoms with van der Waals surface area (Å²) in [5.74, 6) is -5.64. The van der Waals surface area contributed by atoms with Crippen LogP contribution in [0.3, 0.4) is 0 Å². The molecule has 5 heterocycles. The monoisotopic (exact) mass is 870 g/mol. The number of rotatable bonds is 13. The summed E-state index contributed by atoms with van der Waals surface area (Å²) in [6.07, 6.45) is -55.9. The van der Waals surface area contributed by atoms with Crippen LogP contribution in [0.2, 0.25) is 0 Å². The topological polar surface area (TPSA) is 478 Å². The lowest BCUT2D eigenvalue weighted by atomic mass is 9.95. The number of carboxylic acid groups (broad SMARTS) is 3. The molecule has 340 valence electrons. The third-order valence-electron chi connectivity index (χ3n) is 10.2. The van der Waals surface area contributed by atoms with Gasteiger partial charge in [0.15, 0.2) is 49.8 Å². The molecule has 5 aliphatic heterocycles. The second kappa shape index (κ2) is 19.3. The fraction of sp³-hybridized carbons (Fsp3) is 0.900. The van der Waals surface area contributed by atoms with Crippen molar-refractivity contribution in [1.29, 1.82) is 0 Å². The summed E-state index contributed by atoms with van der Waals surface area (Å²) in [6, 6.07) is 0. The number of carboxylic acids is 3. The van der Waals surface area contributed by atoms with Crippen molar-refractivity contribution in [3.05, 3.63) is 0 Å². The molecule has 0 aromatic carbocycles. The van der Waals surface area contributed by atoms with E-state index in [0.29, 0.717) is 0 Å². The van der Waals surface area contributed by atoms with Crippen LogP contribution in [0, 0.1) is 0 Å². The van der Waals surface area contributed by atoms with Gasteiger partial charge in [0.1, 0.15) is 104 Å². The number of aliphatic carboxylic acids is 3. The van der Waals surface area contributed by atoms with E-state index in [-0.39, 0.29) is 0 Å². The molecule has 29 nitrogen and oxygen atoms in total. The smallest absolute Gasteiger partial charge is 0.335 e. The Morgan fingerprint density at radius 3 is 1.19 bits per heavy atom. The van der Waals surface area contributed by atoms with Crippen LogP contribution >= 0.6 is 0 Å². The van der Waals surface area contributed by atoms with Crippen molar-refractivity contribution < 1.29 is 144 Å². The number of ether oxygens (including phenoxy) is 9. The van der Waals surface area contributed by atoms with Crippen molar-refractivity contribution in [3.8, 4) is 0 Å². The number of hydrogen-bond acceptors (Lipinski definition) is 26. The van der Waals surface area contributed by atoms with Crippen LogP contribution in [-0.2, 0) is 57.0 Å². The summed E-state index contributed by atoms with van der Waals surface area (Å²) in [6.45, 7) is -2.26. The molecule has 0 aliphatic carbocycles. The molecule has 0 aromatic rings. The zero-order chi connectivity index (χ0) is 43.9. The molecule has 5 rings (SSSR count). The van der Waals surface area contributed by atoms with E-state index in [9.17, 15) is 101 Å². The minimum Gasteiger partial charge on any atom is -0.479 e. The number of hydrogen-bond donors (Lipinski definition) is 17. The number of aliphatic hydroxyl groups excluding tert-OH is 14. The van der Waals surface area contributed by atoms with Crippen molar-refractivity contribution in [2.75, 3.05) is 13.2 Å². The highest BCUT2D eigenvalue weighted by Gasteiger charge is 2.58. The summed E-state index contributed by atoms with van der Waals surface area (Å²) in [4.78, 5) is 35.5. The minimum absolute atomic E-state index is 1.05. The lowest BCUT2D eigenvalue weighted by molar-refractivity contribution is -0.406. The maximum atomic E-state index is 12.0. The van der Waals surface area contributed by atoms with Gasteiger partial charge in [0.2, 0.25) is 0 Å². The summed E-state index contributed by atoms with van der Waals surface area (Å²) < 4.78 is 48.6. The molecule has 17 N–H and O–H groups in total. The second-order valence-electron chi connectivity index (χ2n) is 14.1. The number of aliphatic hydroxyl groups is 14. The van der Waals surface area contributed by atoms with Crippen molar-refractivity contribution in [2.24, 2.45) is 0 Å². The van der Waals surface area contributed by atoms with Crippen molar-refractivity contribution in [2.45, 2.75) is 154 Å². The Morgan fingerprint density at radius 2 is 0.746 bits per heavy atom. The SMILES string of the molecule is O=C(O)[C@H]1O[C@@H](O[C@@H]2[C@@H](O[C@H]3[C@H](O)[C@@H](O)[C@H](O)O[C@@H]3C(=O)O)O[C@H](CO)[C@@H](OC3O[C@H](CO)[C@@H](O)[C@@H](O)[C@@H]3O[C@@H]3O[C@H](C(=O)O)[C@@H](O)[C@H](O)[C@H]3O)[C@@H]2O)[C@H](O)[C@@H](O)[C@@H]1O. The van der Waals surface area contributed by atoms with Crippen molar-refractivity contribution in [3.63, 3.8) is 0 Å². The van der Waals surface area contributed by atoms with Crippen LogP contribution < -0.4 is 0 Å². The maximum Gasteiger partial charge on any atom is 0.335 e. The van der Waals surface area contributed by atoms with Gasteiger partial charge < -0.3 is 129 Å². The van der Waals surface area contributed by atoms with Crippen LogP contribution in [-0.4, -0.2) is 271 Å². The van der Waals surface area contributed by atoms with E-state index in [2.05, 4.69) is 0 Å². The van der Waals surface area contributed by atoms with Gasteiger partial charge in [-0.2, -0.15) is 0 Å². The lowest BCUT2D eigenvalue weighted by Crippen LogP contribution is -2.69. The molecule has 0 bridgehead atoms. The second-order valence-corrected chi connectivity index (χ2v) is 14.1. The maximum absolute atomic E-state index is 12.0. The van der Waals surface area contributed by atoms with Crippen molar-refractivity contribution >= 4 is 17.9 Å². The van der Waals surface area contributed by atoms with Gasteiger partial charge in [0.25, 0.3) is 0 Å². The molecule has 59 heavy (non-hydrogen) atoms. The molecule has 0 saturated carbocycles. The molecule has 0 aromatic heterocycles. The van der Waals surface area contributed by atoms with Gasteiger partial charge in [0.05, 0.1) is 13.2 Å². The molecule has 5 saturated heterocycles. The molecule has 1 unspecified atom stereocenters. The van der Waals surface area contributed by atoms with E-state index in [0.717, 1.165) is 0 Å². The minimum atomic E-state index is -2.43. The zero-order valence-corrected chi connectivity index (χ0v) is 29.8. The Labute approximate surface area is 328 Å². The van der Waals surface area contributed by atoms with E-state index in [1.54, 1.807) is 0 Å². The molecule has 5 aliphatic rings. The van der Waals surface area contributed by atoms with Gasteiger partial charge in [-0.1, -0.05) is 0 Å². The van der Waals surface area contributed by atoms with Gasteiger partial charge in [0, 0.05) is 0 Å². The predicted molar refractivity (Wildman–Crippen MR) is 168 cm³/mol. The Hall–Kier alpha value is -2.51. The summed E-state index contributed by atoms with van der Waals surface area (Å²) >= 11 is 0. The van der Waals surface area contributed by atoms with Gasteiger partial charge >= 0.3 is 17.9 Å². The van der Waals surface area contributed by atoms with Crippen LogP contribution in [0.15, 0.2) is 0 Å². The van der Waals surface area contributed by atoms with Crippen LogP contribution in [0.25, 0.3) is 0 Å². The Kier molecular flexibility index (Phi) is 15.5. The van der Waals surface area contributed by atoms with Gasteiger partial charge in [-0.05, 0) is 0 Å². The average molecular weight is 871 g/mol. The molecular weight excluding hydrogens is 824 g/mol. The first-order valence-electron chi connectivity index (χ1n) is 17.6. The van der Waals surface area contributed by atoms with Gasteiger partial charge in [-0.25, -0.2) is 14.4 Å². The van der Waals surface area contributed by atoms with Gasteiger partial charge in [-0.15, -0.1) is 0 Å². The van der Waals surface area contributed by atoms with Crippen LogP contribution in [0.5, 0.6) is 0 Å². The van der Waals surface area contributed by atoms with E-state index >= 15 is 0 Å². The molecule has 0 spiro atoms. The first-order chi connectivity index (χ1) is 27.6. The molecule has 29 heteroatoms. The lowest BCUT2D eigenvalue weighted by Gasteiger charge is -2.50. The normalized spacial score (nSPS) is 50.8. The third kappa shape index (κ3) is 9.47. The Bertz CT molecular complexity index is 1440. The quantitative estimate of drug-likeness (QED) is 0.0817. The van der Waals surface area contributed by atoms with Crippen LogP contribution in [0.1, 0.15) is 0 Å². The predicted octanol–water partition coefficient (Wildman–Crippen LogP) is -11.6. The van der Waals surface area contributed by atoms with E-state index in [1.165, 1.54) is 0 Å². The van der Waals surface area contributed by atoms with E-state index in [1.807, 2.05) is 0 Å². The highest BCUT2D eigenvalue weighted by Crippen LogP contribution is 2.37. The fourth-order valence-electron chi connectivity index (χ4n) is 6.92. The first kappa shape index (κ1) is 47.5. The fourth-order valence-corrected chi connectivity index (χ4v) is 6.92. The summed E-state index contributed by atoms with van der Waals surface area (Å²) in [7, 11) is 0. The Balaban J connectivity index is 1.50. The third-order valence-corrected chi connectivity index (χ3v) is 10.2.